The van der Waals surface area contributed by atoms with E-state index in [1.165, 1.54) is 22.5 Å². The van der Waals surface area contributed by atoms with E-state index >= 15 is 0 Å². The molecule has 0 N–H and O–H groups in total. The van der Waals surface area contributed by atoms with E-state index in [2.05, 4.69) is 0 Å². The fourth-order valence-electron chi connectivity index (χ4n) is 0.967. The summed E-state index contributed by atoms with van der Waals surface area (Å²) in [6.45, 7) is 0. The summed E-state index contributed by atoms with van der Waals surface area (Å²) in [7, 11) is 0. The minimum absolute atomic E-state index is 0. The fourth-order valence-corrected chi connectivity index (χ4v) is 3.45. The second kappa shape index (κ2) is 5.24. The summed E-state index contributed by atoms with van der Waals surface area (Å²) >= 11 is 3.81. The molecule has 1 aliphatic rings. The maximum Gasteiger partial charge on any atom is 1.00 e. The Labute approximate surface area is 93.2 Å². The summed E-state index contributed by atoms with van der Waals surface area (Å²) in [6.07, 6.45) is 3.05. The zero-order chi connectivity index (χ0) is 7.52. The van der Waals surface area contributed by atoms with Gasteiger partial charge in [0.05, 0.1) is 6.26 Å². The van der Waals surface area contributed by atoms with Crippen molar-refractivity contribution in [2.75, 3.05) is 11.5 Å². The first-order valence-electron chi connectivity index (χ1n) is 3.63. The number of furan rings is 1. The molecule has 0 aliphatic carbocycles. The van der Waals surface area contributed by atoms with Gasteiger partial charge in [-0.1, -0.05) is 4.58 Å². The molecule has 0 amide bonds. The fraction of sp³-hybridized carbons (Fsp3) is 0.375. The molecular formula is C8H9LiOS2. The second-order valence-corrected chi connectivity index (χ2v) is 4.78. The van der Waals surface area contributed by atoms with E-state index in [1.807, 2.05) is 35.7 Å². The summed E-state index contributed by atoms with van der Waals surface area (Å²) in [6, 6.07) is 3.97. The topological polar surface area (TPSA) is 13.1 Å². The predicted octanol–water partition coefficient (Wildman–Crippen LogP) is -0.00871. The first-order valence-corrected chi connectivity index (χ1v) is 5.60. The van der Waals surface area contributed by atoms with Crippen LogP contribution in [0.5, 0.6) is 0 Å². The van der Waals surface area contributed by atoms with Crippen LogP contribution in [-0.4, -0.2) is 11.5 Å². The molecule has 2 heterocycles. The van der Waals surface area contributed by atoms with Crippen LogP contribution in [0.25, 0.3) is 0 Å². The summed E-state index contributed by atoms with van der Waals surface area (Å²) in [4.78, 5) is 0. The molecule has 0 atom stereocenters. The molecule has 0 spiro atoms. The monoisotopic (exact) mass is 192 g/mol. The van der Waals surface area contributed by atoms with Crippen LogP contribution in [0.1, 0.15) is 12.2 Å². The Balaban J connectivity index is 0.000000720. The molecule has 4 heteroatoms. The van der Waals surface area contributed by atoms with Gasteiger partial charge < -0.3 is 4.42 Å². The van der Waals surface area contributed by atoms with Crippen LogP contribution in [0.2, 0.25) is 0 Å². The summed E-state index contributed by atoms with van der Waals surface area (Å²) < 4.78 is 6.64. The van der Waals surface area contributed by atoms with Crippen LogP contribution in [0, 0.1) is 4.58 Å². The van der Waals surface area contributed by atoms with Gasteiger partial charge in [-0.05, 0) is 23.7 Å². The molecule has 60 valence electrons. The largest absolute Gasteiger partial charge is 1.00 e. The second-order valence-electron chi connectivity index (χ2n) is 2.32. The molecule has 2 rings (SSSR count). The van der Waals surface area contributed by atoms with Crippen molar-refractivity contribution in [1.29, 1.82) is 0 Å². The van der Waals surface area contributed by atoms with Crippen molar-refractivity contribution in [3.05, 3.63) is 28.7 Å². The number of thioether (sulfide) groups is 2. The molecular weight excluding hydrogens is 183 g/mol. The average Bonchev–Trinajstić information content (AvgIpc) is 2.58. The average molecular weight is 192 g/mol. The Morgan fingerprint density at radius 2 is 2.08 bits per heavy atom. The molecule has 1 saturated heterocycles. The molecule has 0 saturated carbocycles. The van der Waals surface area contributed by atoms with Gasteiger partial charge >= 0.3 is 18.9 Å². The Morgan fingerprint density at radius 1 is 1.33 bits per heavy atom. The van der Waals surface area contributed by atoms with E-state index < -0.39 is 0 Å². The van der Waals surface area contributed by atoms with Gasteiger partial charge in [-0.3, -0.25) is 0 Å². The SMILES string of the molecule is [Li+].c1coc([C-]2SCCCS2)c1. The molecule has 1 aliphatic heterocycles. The van der Waals surface area contributed by atoms with Crippen LogP contribution in [0.3, 0.4) is 0 Å². The standard InChI is InChI=1S/C8H9OS2.Li/c1-3-7(9-4-1)8-10-5-2-6-11-8;/h1,3-4H,2,5-6H2;/q-1;+1. The predicted molar refractivity (Wildman–Crippen MR) is 50.6 cm³/mol. The minimum atomic E-state index is 0. The maximum absolute atomic E-state index is 5.29. The van der Waals surface area contributed by atoms with Crippen molar-refractivity contribution in [3.8, 4) is 0 Å². The molecule has 1 fully saturated rings. The Morgan fingerprint density at radius 3 is 2.67 bits per heavy atom. The number of hydrogen-bond acceptors (Lipinski definition) is 3. The van der Waals surface area contributed by atoms with Crippen LogP contribution >= 0.6 is 23.5 Å². The molecule has 1 aromatic rings. The Hall–Kier alpha value is 0.447. The van der Waals surface area contributed by atoms with Crippen LogP contribution in [0.4, 0.5) is 0 Å². The molecule has 0 radical (unpaired) electrons. The normalized spacial score (nSPS) is 17.2. The van der Waals surface area contributed by atoms with Crippen LogP contribution < -0.4 is 18.9 Å². The van der Waals surface area contributed by atoms with Crippen molar-refractivity contribution < 1.29 is 23.3 Å². The molecule has 12 heavy (non-hydrogen) atoms. The van der Waals surface area contributed by atoms with Crippen molar-refractivity contribution >= 4 is 23.5 Å². The third-order valence-corrected chi connectivity index (χ3v) is 4.10. The molecule has 0 bridgehead atoms. The van der Waals surface area contributed by atoms with Gasteiger partial charge in [0, 0.05) is 0 Å². The van der Waals surface area contributed by atoms with Gasteiger partial charge in [0.15, 0.2) is 0 Å². The Bertz CT molecular complexity index is 207. The van der Waals surface area contributed by atoms with E-state index in [1.54, 1.807) is 6.26 Å². The molecule has 1 aromatic heterocycles. The number of rotatable bonds is 1. The third-order valence-electron chi connectivity index (χ3n) is 1.48. The van der Waals surface area contributed by atoms with Crippen molar-refractivity contribution in [2.45, 2.75) is 6.42 Å². The number of hydrogen-bond donors (Lipinski definition) is 0. The van der Waals surface area contributed by atoms with Crippen molar-refractivity contribution in [1.82, 2.24) is 0 Å². The van der Waals surface area contributed by atoms with Gasteiger partial charge in [0.1, 0.15) is 0 Å². The van der Waals surface area contributed by atoms with E-state index in [0.717, 1.165) is 5.76 Å². The van der Waals surface area contributed by atoms with E-state index in [9.17, 15) is 0 Å². The molecule has 0 unspecified atom stereocenters. The minimum Gasteiger partial charge on any atom is -0.502 e. The van der Waals surface area contributed by atoms with Gasteiger partial charge in [-0.15, -0.1) is 6.07 Å². The molecule has 1 nitrogen and oxygen atoms in total. The van der Waals surface area contributed by atoms with Gasteiger partial charge in [0.2, 0.25) is 0 Å². The first-order chi connectivity index (χ1) is 5.47. The summed E-state index contributed by atoms with van der Waals surface area (Å²) in [5.74, 6) is 3.52. The molecule has 0 aromatic carbocycles. The quantitative estimate of drug-likeness (QED) is 0.459. The summed E-state index contributed by atoms with van der Waals surface area (Å²) in [5.41, 5.74) is 0. The van der Waals surface area contributed by atoms with Gasteiger partial charge in [-0.25, -0.2) is 23.5 Å². The van der Waals surface area contributed by atoms with E-state index in [-0.39, 0.29) is 18.9 Å². The smallest absolute Gasteiger partial charge is 0.502 e. The Kier molecular flexibility index (Phi) is 4.59. The van der Waals surface area contributed by atoms with Crippen LogP contribution in [0.15, 0.2) is 22.8 Å². The van der Waals surface area contributed by atoms with E-state index in [4.69, 9.17) is 4.42 Å². The maximum atomic E-state index is 5.29. The first kappa shape index (κ1) is 10.5. The van der Waals surface area contributed by atoms with Gasteiger partial charge in [0.25, 0.3) is 0 Å². The van der Waals surface area contributed by atoms with Crippen molar-refractivity contribution in [3.63, 3.8) is 0 Å². The van der Waals surface area contributed by atoms with E-state index in [0.29, 0.717) is 0 Å². The van der Waals surface area contributed by atoms with Crippen molar-refractivity contribution in [2.24, 2.45) is 0 Å². The van der Waals surface area contributed by atoms with Crippen LogP contribution in [-0.2, 0) is 0 Å². The zero-order valence-electron chi connectivity index (χ0n) is 7.08. The zero-order valence-corrected chi connectivity index (χ0v) is 8.71. The summed E-state index contributed by atoms with van der Waals surface area (Å²) in [5, 5.41) is 0. The third kappa shape index (κ3) is 2.47. The van der Waals surface area contributed by atoms with Gasteiger partial charge in [-0.2, -0.15) is 6.07 Å².